The van der Waals surface area contributed by atoms with Gasteiger partial charge in [0.2, 0.25) is 5.89 Å². The van der Waals surface area contributed by atoms with E-state index in [2.05, 4.69) is 10.1 Å². The van der Waals surface area contributed by atoms with Crippen molar-refractivity contribution in [1.82, 2.24) is 14.7 Å². The number of nitrogens with zero attached hydrogens (tertiary/aromatic N) is 3. The normalized spacial score (nSPS) is 10.6. The first-order valence-electron chi connectivity index (χ1n) is 4.96. The Morgan fingerprint density at radius 1 is 1.44 bits per heavy atom. The van der Waals surface area contributed by atoms with Crippen molar-refractivity contribution in [3.8, 4) is 0 Å². The van der Waals surface area contributed by atoms with E-state index in [1.165, 1.54) is 10.6 Å². The average Bonchev–Trinajstić information content (AvgIpc) is 2.70. The summed E-state index contributed by atoms with van der Waals surface area (Å²) in [6.45, 7) is 0.765. The summed E-state index contributed by atoms with van der Waals surface area (Å²) in [5.74, 6) is 0.984. The predicted molar refractivity (Wildman–Crippen MR) is 56.9 cm³/mol. The van der Waals surface area contributed by atoms with Crippen molar-refractivity contribution >= 4 is 0 Å². The van der Waals surface area contributed by atoms with Crippen LogP contribution in [0.15, 0.2) is 33.7 Å². The molecule has 2 N–H and O–H groups in total. The number of pyridine rings is 1. The number of rotatable bonds is 4. The lowest BCUT2D eigenvalue weighted by Crippen LogP contribution is -2.18. The summed E-state index contributed by atoms with van der Waals surface area (Å²) >= 11 is 0. The maximum absolute atomic E-state index is 11.4. The summed E-state index contributed by atoms with van der Waals surface area (Å²) in [5.41, 5.74) is 5.27. The highest BCUT2D eigenvalue weighted by atomic mass is 16.5. The Balaban J connectivity index is 2.15. The number of hydrogen-bond donors (Lipinski definition) is 1. The van der Waals surface area contributed by atoms with E-state index < -0.39 is 0 Å². The van der Waals surface area contributed by atoms with Gasteiger partial charge in [-0.1, -0.05) is 11.2 Å². The van der Waals surface area contributed by atoms with Crippen LogP contribution in [0.2, 0.25) is 0 Å². The molecule has 0 aliphatic heterocycles. The van der Waals surface area contributed by atoms with Gasteiger partial charge in [-0.2, -0.15) is 4.98 Å². The fraction of sp³-hybridized carbons (Fsp3) is 0.300. The molecule has 84 valence electrons. The highest BCUT2D eigenvalue weighted by molar-refractivity contribution is 4.96. The molecule has 2 aromatic heterocycles. The molecule has 0 spiro atoms. The quantitative estimate of drug-likeness (QED) is 0.769. The number of hydrogen-bond acceptors (Lipinski definition) is 5. The van der Waals surface area contributed by atoms with Gasteiger partial charge in [-0.3, -0.25) is 4.79 Å². The smallest absolute Gasteiger partial charge is 0.250 e. The van der Waals surface area contributed by atoms with Crippen LogP contribution in [0.4, 0.5) is 0 Å². The SMILES string of the molecule is NCCc1noc(Cn2ccccc2=O)n1. The van der Waals surface area contributed by atoms with Crippen LogP contribution in [0.25, 0.3) is 0 Å². The molecule has 0 aromatic carbocycles. The minimum atomic E-state index is -0.0962. The second-order valence-electron chi connectivity index (χ2n) is 3.31. The maximum Gasteiger partial charge on any atom is 0.250 e. The molecule has 6 heteroatoms. The third-order valence-corrected chi connectivity index (χ3v) is 2.08. The molecule has 0 unspecified atom stereocenters. The van der Waals surface area contributed by atoms with Gasteiger partial charge in [0.15, 0.2) is 5.82 Å². The molecule has 0 saturated heterocycles. The Morgan fingerprint density at radius 2 is 2.31 bits per heavy atom. The summed E-state index contributed by atoms with van der Waals surface area (Å²) in [6, 6.07) is 4.95. The van der Waals surface area contributed by atoms with Gasteiger partial charge in [-0.25, -0.2) is 0 Å². The molecular weight excluding hydrogens is 208 g/mol. The highest BCUT2D eigenvalue weighted by Gasteiger charge is 2.06. The number of aromatic nitrogens is 3. The molecule has 0 atom stereocenters. The fourth-order valence-electron chi connectivity index (χ4n) is 1.32. The van der Waals surface area contributed by atoms with E-state index in [0.717, 1.165) is 0 Å². The third kappa shape index (κ3) is 2.34. The lowest BCUT2D eigenvalue weighted by molar-refractivity contribution is 0.365. The van der Waals surface area contributed by atoms with Gasteiger partial charge in [0.1, 0.15) is 6.54 Å². The van der Waals surface area contributed by atoms with Crippen LogP contribution < -0.4 is 11.3 Å². The summed E-state index contributed by atoms with van der Waals surface area (Å²) in [4.78, 5) is 15.5. The van der Waals surface area contributed by atoms with E-state index in [-0.39, 0.29) is 12.1 Å². The van der Waals surface area contributed by atoms with E-state index in [9.17, 15) is 4.79 Å². The van der Waals surface area contributed by atoms with Crippen LogP contribution in [0.1, 0.15) is 11.7 Å². The molecule has 0 aliphatic rings. The van der Waals surface area contributed by atoms with Gasteiger partial charge in [-0.15, -0.1) is 0 Å². The largest absolute Gasteiger partial charge is 0.337 e. The molecule has 0 fully saturated rings. The van der Waals surface area contributed by atoms with Crippen molar-refractivity contribution in [3.05, 3.63) is 46.5 Å². The third-order valence-electron chi connectivity index (χ3n) is 2.08. The first-order chi connectivity index (χ1) is 7.79. The molecule has 0 bridgehead atoms. The Bertz CT molecular complexity index is 517. The Morgan fingerprint density at radius 3 is 3.06 bits per heavy atom. The molecular formula is C10H12N4O2. The summed E-state index contributed by atoms with van der Waals surface area (Å²) in [7, 11) is 0. The maximum atomic E-state index is 11.4. The minimum Gasteiger partial charge on any atom is -0.337 e. The Kier molecular flexibility index (Phi) is 3.11. The van der Waals surface area contributed by atoms with Gasteiger partial charge in [0.25, 0.3) is 5.56 Å². The van der Waals surface area contributed by atoms with Crippen LogP contribution in [0.3, 0.4) is 0 Å². The first-order valence-corrected chi connectivity index (χ1v) is 4.96. The summed E-state index contributed by atoms with van der Waals surface area (Å²) in [5, 5.41) is 3.75. The predicted octanol–water partition coefficient (Wildman–Crippen LogP) is -0.219. The zero-order chi connectivity index (χ0) is 11.4. The van der Waals surface area contributed by atoms with E-state index in [4.69, 9.17) is 10.3 Å². The highest BCUT2D eigenvalue weighted by Crippen LogP contribution is 1.99. The fourth-order valence-corrected chi connectivity index (χ4v) is 1.32. The lowest BCUT2D eigenvalue weighted by Gasteiger charge is -1.98. The standard InChI is InChI=1S/C10H12N4O2/c11-5-4-8-12-9(16-13-8)7-14-6-2-1-3-10(14)15/h1-3,6H,4-5,7,11H2. The molecule has 0 amide bonds. The summed E-state index contributed by atoms with van der Waals surface area (Å²) in [6.07, 6.45) is 2.25. The van der Waals surface area contributed by atoms with Crippen molar-refractivity contribution in [3.63, 3.8) is 0 Å². The molecule has 0 radical (unpaired) electrons. The van der Waals surface area contributed by atoms with Gasteiger partial charge < -0.3 is 14.8 Å². The monoisotopic (exact) mass is 220 g/mol. The Labute approximate surface area is 91.7 Å². The summed E-state index contributed by atoms with van der Waals surface area (Å²) < 4.78 is 6.50. The van der Waals surface area contributed by atoms with Gasteiger partial charge in [0, 0.05) is 18.7 Å². The second kappa shape index (κ2) is 4.71. The van der Waals surface area contributed by atoms with E-state index in [1.807, 2.05) is 0 Å². The van der Waals surface area contributed by atoms with Crippen molar-refractivity contribution in [2.45, 2.75) is 13.0 Å². The molecule has 2 rings (SSSR count). The molecule has 2 aromatic rings. The van der Waals surface area contributed by atoms with Crippen LogP contribution in [0, 0.1) is 0 Å². The minimum absolute atomic E-state index is 0.0962. The number of nitrogens with two attached hydrogens (primary N) is 1. The molecule has 0 aliphatic carbocycles. The van der Waals surface area contributed by atoms with Crippen LogP contribution in [0.5, 0.6) is 0 Å². The van der Waals surface area contributed by atoms with Gasteiger partial charge >= 0.3 is 0 Å². The van der Waals surface area contributed by atoms with E-state index >= 15 is 0 Å². The van der Waals surface area contributed by atoms with Crippen molar-refractivity contribution < 1.29 is 4.52 Å². The van der Waals surface area contributed by atoms with E-state index in [0.29, 0.717) is 24.7 Å². The first kappa shape index (κ1) is 10.6. The molecule has 6 nitrogen and oxygen atoms in total. The van der Waals surface area contributed by atoms with Crippen molar-refractivity contribution in [2.24, 2.45) is 5.73 Å². The molecule has 16 heavy (non-hydrogen) atoms. The van der Waals surface area contributed by atoms with E-state index in [1.54, 1.807) is 18.3 Å². The van der Waals surface area contributed by atoms with Crippen molar-refractivity contribution in [2.75, 3.05) is 6.54 Å². The molecule has 2 heterocycles. The van der Waals surface area contributed by atoms with Gasteiger partial charge in [-0.05, 0) is 12.6 Å². The van der Waals surface area contributed by atoms with Crippen molar-refractivity contribution in [1.29, 1.82) is 0 Å². The van der Waals surface area contributed by atoms with Crippen LogP contribution >= 0.6 is 0 Å². The molecule has 0 saturated carbocycles. The zero-order valence-electron chi connectivity index (χ0n) is 8.67. The van der Waals surface area contributed by atoms with Crippen LogP contribution in [-0.4, -0.2) is 21.3 Å². The topological polar surface area (TPSA) is 86.9 Å². The second-order valence-corrected chi connectivity index (χ2v) is 3.31. The lowest BCUT2D eigenvalue weighted by atomic mass is 10.4. The van der Waals surface area contributed by atoms with Gasteiger partial charge in [0.05, 0.1) is 0 Å². The Hall–Kier alpha value is -1.95. The average molecular weight is 220 g/mol. The van der Waals surface area contributed by atoms with Crippen LogP contribution in [-0.2, 0) is 13.0 Å². The zero-order valence-corrected chi connectivity index (χ0v) is 8.67.